The first-order valence-corrected chi connectivity index (χ1v) is 12.0. The van der Waals surface area contributed by atoms with Gasteiger partial charge in [0.15, 0.2) is 5.65 Å². The monoisotopic (exact) mass is 494 g/mol. The minimum Gasteiger partial charge on any atom is -0.462 e. The summed E-state index contributed by atoms with van der Waals surface area (Å²) in [6.45, 7) is 3.41. The SMILES string of the molecule is CCNC(CNC(=O)c1ccnc(-c2cnn3ccc(-c4ccccc4)nc23)c1)COc1ncccn1. The van der Waals surface area contributed by atoms with E-state index in [1.54, 1.807) is 47.5 Å². The molecule has 4 aromatic heterocycles. The van der Waals surface area contributed by atoms with Crippen LogP contribution >= 0.6 is 0 Å². The third kappa shape index (κ3) is 5.76. The molecule has 0 fully saturated rings. The second-order valence-electron chi connectivity index (χ2n) is 8.24. The van der Waals surface area contributed by atoms with Crippen LogP contribution in [0.5, 0.6) is 6.01 Å². The number of rotatable bonds is 10. The second kappa shape index (κ2) is 11.4. The van der Waals surface area contributed by atoms with Crippen molar-refractivity contribution < 1.29 is 9.53 Å². The van der Waals surface area contributed by atoms with E-state index in [4.69, 9.17) is 9.72 Å². The van der Waals surface area contributed by atoms with Crippen molar-refractivity contribution in [2.24, 2.45) is 0 Å². The molecule has 0 bridgehead atoms. The molecular weight excluding hydrogens is 468 g/mol. The quantitative estimate of drug-likeness (QED) is 0.304. The number of pyridine rings is 1. The lowest BCUT2D eigenvalue weighted by Crippen LogP contribution is -2.44. The van der Waals surface area contributed by atoms with Crippen LogP contribution in [-0.4, -0.2) is 61.2 Å². The lowest BCUT2D eigenvalue weighted by Gasteiger charge is -2.18. The van der Waals surface area contributed by atoms with E-state index in [9.17, 15) is 4.79 Å². The van der Waals surface area contributed by atoms with E-state index in [1.165, 1.54) is 0 Å². The minimum absolute atomic E-state index is 0.112. The number of hydrogen-bond donors (Lipinski definition) is 2. The molecule has 186 valence electrons. The summed E-state index contributed by atoms with van der Waals surface area (Å²) in [6, 6.07) is 17.2. The van der Waals surface area contributed by atoms with Gasteiger partial charge < -0.3 is 15.4 Å². The van der Waals surface area contributed by atoms with Gasteiger partial charge >= 0.3 is 6.01 Å². The first-order chi connectivity index (χ1) is 18.2. The van der Waals surface area contributed by atoms with E-state index < -0.39 is 0 Å². The molecule has 1 unspecified atom stereocenters. The number of aromatic nitrogens is 6. The highest BCUT2D eigenvalue weighted by atomic mass is 16.5. The molecule has 10 nitrogen and oxygen atoms in total. The zero-order valence-electron chi connectivity index (χ0n) is 20.3. The van der Waals surface area contributed by atoms with Crippen LogP contribution in [0.25, 0.3) is 28.2 Å². The number of carbonyl (C=O) groups excluding carboxylic acids is 1. The highest BCUT2D eigenvalue weighted by molar-refractivity contribution is 5.95. The Labute approximate surface area is 213 Å². The van der Waals surface area contributed by atoms with Gasteiger partial charge in [0.1, 0.15) is 6.61 Å². The van der Waals surface area contributed by atoms with Gasteiger partial charge in [-0.25, -0.2) is 19.5 Å². The molecule has 0 radical (unpaired) electrons. The second-order valence-corrected chi connectivity index (χ2v) is 8.24. The van der Waals surface area contributed by atoms with Crippen LogP contribution in [0.15, 0.2) is 85.6 Å². The van der Waals surface area contributed by atoms with E-state index in [2.05, 4.69) is 30.7 Å². The maximum absolute atomic E-state index is 13.0. The van der Waals surface area contributed by atoms with Gasteiger partial charge in [-0.15, -0.1) is 0 Å². The zero-order chi connectivity index (χ0) is 25.5. The number of nitrogens with zero attached hydrogens (tertiary/aromatic N) is 6. The number of ether oxygens (including phenoxy) is 1. The highest BCUT2D eigenvalue weighted by Gasteiger charge is 2.16. The molecule has 10 heteroatoms. The smallest absolute Gasteiger partial charge is 0.316 e. The zero-order valence-corrected chi connectivity index (χ0v) is 20.3. The molecule has 0 aliphatic carbocycles. The summed E-state index contributed by atoms with van der Waals surface area (Å²) >= 11 is 0. The lowest BCUT2D eigenvalue weighted by atomic mass is 10.1. The fraction of sp³-hybridized carbons (Fsp3) is 0.185. The molecule has 37 heavy (non-hydrogen) atoms. The highest BCUT2D eigenvalue weighted by Crippen LogP contribution is 2.25. The summed E-state index contributed by atoms with van der Waals surface area (Å²) < 4.78 is 7.35. The van der Waals surface area contributed by atoms with Crippen molar-refractivity contribution in [1.29, 1.82) is 0 Å². The first kappa shape index (κ1) is 24.0. The van der Waals surface area contributed by atoms with Gasteiger partial charge in [-0.2, -0.15) is 5.10 Å². The molecule has 2 N–H and O–H groups in total. The Morgan fingerprint density at radius 2 is 1.84 bits per heavy atom. The average molecular weight is 495 g/mol. The number of amides is 1. The van der Waals surface area contributed by atoms with Crippen molar-refractivity contribution in [1.82, 2.24) is 40.2 Å². The fourth-order valence-electron chi connectivity index (χ4n) is 3.87. The number of fused-ring (bicyclic) bond motifs is 1. The molecule has 0 aliphatic rings. The molecule has 1 aromatic carbocycles. The fourth-order valence-corrected chi connectivity index (χ4v) is 3.87. The van der Waals surface area contributed by atoms with Gasteiger partial charge in [0, 0.05) is 42.5 Å². The maximum atomic E-state index is 13.0. The average Bonchev–Trinajstić information content (AvgIpc) is 3.39. The van der Waals surface area contributed by atoms with Crippen LogP contribution in [0.1, 0.15) is 17.3 Å². The third-order valence-corrected chi connectivity index (χ3v) is 5.69. The van der Waals surface area contributed by atoms with E-state index in [1.807, 2.05) is 49.5 Å². The molecule has 0 spiro atoms. The number of nitrogens with one attached hydrogen (secondary N) is 2. The molecular formula is C27H26N8O2. The summed E-state index contributed by atoms with van der Waals surface area (Å²) in [7, 11) is 0. The predicted molar refractivity (Wildman–Crippen MR) is 139 cm³/mol. The topological polar surface area (TPSA) is 119 Å². The lowest BCUT2D eigenvalue weighted by molar-refractivity contribution is 0.0945. The molecule has 1 amide bonds. The van der Waals surface area contributed by atoms with Crippen molar-refractivity contribution in [2.75, 3.05) is 19.7 Å². The number of carbonyl (C=O) groups is 1. The normalized spacial score (nSPS) is 11.8. The summed E-state index contributed by atoms with van der Waals surface area (Å²) in [5, 5.41) is 10.7. The van der Waals surface area contributed by atoms with Gasteiger partial charge in [-0.3, -0.25) is 9.78 Å². The number of hydrogen-bond acceptors (Lipinski definition) is 8. The van der Waals surface area contributed by atoms with Crippen LogP contribution in [0.3, 0.4) is 0 Å². The van der Waals surface area contributed by atoms with Crippen molar-refractivity contribution in [3.05, 3.63) is 91.1 Å². The minimum atomic E-state index is -0.211. The van der Waals surface area contributed by atoms with Gasteiger partial charge in [-0.1, -0.05) is 37.3 Å². The molecule has 0 aliphatic heterocycles. The van der Waals surface area contributed by atoms with Crippen LogP contribution < -0.4 is 15.4 Å². The summed E-state index contributed by atoms with van der Waals surface area (Å²) in [5.41, 5.74) is 4.37. The van der Waals surface area contributed by atoms with Crippen molar-refractivity contribution in [3.8, 4) is 28.5 Å². The molecule has 4 heterocycles. The first-order valence-electron chi connectivity index (χ1n) is 12.0. The molecule has 5 rings (SSSR count). The van der Waals surface area contributed by atoms with Gasteiger partial charge in [0.25, 0.3) is 5.91 Å². The predicted octanol–water partition coefficient (Wildman–Crippen LogP) is 3.04. The van der Waals surface area contributed by atoms with Gasteiger partial charge in [0.05, 0.1) is 29.2 Å². The number of benzene rings is 1. The van der Waals surface area contributed by atoms with Gasteiger partial charge in [0.2, 0.25) is 0 Å². The Morgan fingerprint density at radius 1 is 1.00 bits per heavy atom. The Hall–Kier alpha value is -4.70. The Balaban J connectivity index is 1.30. The summed E-state index contributed by atoms with van der Waals surface area (Å²) in [6.07, 6.45) is 8.44. The van der Waals surface area contributed by atoms with Crippen molar-refractivity contribution in [3.63, 3.8) is 0 Å². The van der Waals surface area contributed by atoms with E-state index >= 15 is 0 Å². The standard InChI is InChI=1S/C27H26N8O2/c1-2-28-21(18-37-27-30-11-6-12-31-27)16-32-26(36)20-9-13-29-24(15-20)22-17-33-35-14-10-23(34-25(22)35)19-7-4-3-5-8-19/h3-15,17,21,28H,2,16,18H2,1H3,(H,32,36). The molecule has 1 atom stereocenters. The largest absolute Gasteiger partial charge is 0.462 e. The summed E-state index contributed by atoms with van der Waals surface area (Å²) in [4.78, 5) is 30.4. The van der Waals surface area contributed by atoms with Crippen molar-refractivity contribution >= 4 is 11.6 Å². The Kier molecular flexibility index (Phi) is 7.37. The molecule has 0 saturated carbocycles. The van der Waals surface area contributed by atoms with Crippen LogP contribution in [0, 0.1) is 0 Å². The Bertz CT molecular complexity index is 1470. The summed E-state index contributed by atoms with van der Waals surface area (Å²) in [5.74, 6) is -0.211. The van der Waals surface area contributed by atoms with Crippen LogP contribution in [0.2, 0.25) is 0 Å². The maximum Gasteiger partial charge on any atom is 0.316 e. The van der Waals surface area contributed by atoms with Crippen LogP contribution in [-0.2, 0) is 0 Å². The Morgan fingerprint density at radius 3 is 2.65 bits per heavy atom. The molecule has 5 aromatic rings. The van der Waals surface area contributed by atoms with Crippen molar-refractivity contribution in [2.45, 2.75) is 13.0 Å². The third-order valence-electron chi connectivity index (χ3n) is 5.69. The van der Waals surface area contributed by atoms with E-state index in [0.717, 1.165) is 23.4 Å². The number of likely N-dealkylation sites (N-methyl/N-ethyl adjacent to an activating group) is 1. The van der Waals surface area contributed by atoms with E-state index in [-0.39, 0.29) is 11.9 Å². The van der Waals surface area contributed by atoms with E-state index in [0.29, 0.717) is 36.1 Å². The van der Waals surface area contributed by atoms with Gasteiger partial charge in [-0.05, 0) is 30.8 Å². The molecule has 0 saturated heterocycles. The van der Waals surface area contributed by atoms with Crippen LogP contribution in [0.4, 0.5) is 0 Å².